The van der Waals surface area contributed by atoms with Gasteiger partial charge in [0.05, 0.1) is 12.7 Å². The summed E-state index contributed by atoms with van der Waals surface area (Å²) in [4.78, 5) is 60.3. The van der Waals surface area contributed by atoms with Crippen LogP contribution in [0.1, 0.15) is 63.7 Å². The van der Waals surface area contributed by atoms with Gasteiger partial charge in [0.15, 0.2) is 11.6 Å². The molecular weight excluding hydrogens is 677 g/mol. The number of Topliss-reactive ketones (excluding diaryl/α,β-unsaturated/α-hetero) is 4. The van der Waals surface area contributed by atoms with Crippen LogP contribution in [0.2, 0.25) is 0 Å². The zero-order chi connectivity index (χ0) is 37.4. The van der Waals surface area contributed by atoms with Crippen LogP contribution in [-0.4, -0.2) is 39.8 Å². The molecule has 0 spiro atoms. The van der Waals surface area contributed by atoms with Gasteiger partial charge in [-0.2, -0.15) is 0 Å². The number of carbonyl (C=O) groups is 4. The number of methoxy groups -OCH3 is 1. The third-order valence-electron chi connectivity index (χ3n) is 10.2. The van der Waals surface area contributed by atoms with Gasteiger partial charge in [0.1, 0.15) is 22.7 Å². The molecule has 0 aliphatic heterocycles. The SMILES string of the molecule is COc1ccc(Cn2cc(C)c3ccc(C4(Cc5ccncc5)C(=O)c5ccc(Oc6ccccc6C(=O)C(=O)c6ccccc6)cc5C4=O)cc32)cc1. The highest BCUT2D eigenvalue weighted by molar-refractivity contribution is 6.49. The number of aryl methyl sites for hydroxylation is 1. The lowest BCUT2D eigenvalue weighted by atomic mass is 9.71. The van der Waals surface area contributed by atoms with E-state index in [2.05, 4.69) is 15.7 Å². The quantitative estimate of drug-likeness (QED) is 0.0751. The molecule has 2 aromatic heterocycles. The number of ketones is 4. The first-order chi connectivity index (χ1) is 26.3. The summed E-state index contributed by atoms with van der Waals surface area (Å²) in [6, 6.07) is 36.9. The normalized spacial score (nSPS) is 14.9. The van der Waals surface area contributed by atoms with E-state index < -0.39 is 17.0 Å². The number of aromatic nitrogens is 2. The van der Waals surface area contributed by atoms with Gasteiger partial charge in [0, 0.05) is 52.7 Å². The van der Waals surface area contributed by atoms with E-state index in [0.717, 1.165) is 33.3 Å². The molecule has 54 heavy (non-hydrogen) atoms. The first-order valence-electron chi connectivity index (χ1n) is 17.5. The molecule has 1 aliphatic rings. The number of carbonyl (C=O) groups excluding carboxylic acids is 4. The summed E-state index contributed by atoms with van der Waals surface area (Å²) in [7, 11) is 1.64. The van der Waals surface area contributed by atoms with Crippen LogP contribution >= 0.6 is 0 Å². The average Bonchev–Trinajstić information content (AvgIpc) is 3.63. The molecule has 0 fully saturated rings. The topological polar surface area (TPSA) is 105 Å². The molecule has 0 amide bonds. The largest absolute Gasteiger partial charge is 0.497 e. The van der Waals surface area contributed by atoms with Crippen molar-refractivity contribution in [2.24, 2.45) is 0 Å². The van der Waals surface area contributed by atoms with Gasteiger partial charge in [-0.15, -0.1) is 0 Å². The summed E-state index contributed by atoms with van der Waals surface area (Å²) in [6.45, 7) is 2.63. The number of rotatable bonds is 11. The first kappa shape index (κ1) is 34.2. The highest BCUT2D eigenvalue weighted by atomic mass is 16.5. The van der Waals surface area contributed by atoms with E-state index >= 15 is 0 Å². The minimum atomic E-state index is -1.56. The summed E-state index contributed by atoms with van der Waals surface area (Å²) >= 11 is 0. The number of fused-ring (bicyclic) bond motifs is 2. The number of hydrogen-bond donors (Lipinski definition) is 0. The molecule has 0 bridgehead atoms. The Morgan fingerprint density at radius 2 is 1.41 bits per heavy atom. The Morgan fingerprint density at radius 1 is 0.704 bits per heavy atom. The lowest BCUT2D eigenvalue weighted by Gasteiger charge is -2.27. The van der Waals surface area contributed by atoms with Crippen LogP contribution in [0.5, 0.6) is 17.2 Å². The second-order valence-electron chi connectivity index (χ2n) is 13.4. The molecule has 1 aliphatic carbocycles. The molecule has 1 atom stereocenters. The number of pyridine rings is 1. The third kappa shape index (κ3) is 5.97. The highest BCUT2D eigenvalue weighted by Crippen LogP contribution is 2.45. The Hall–Kier alpha value is -6.93. The Balaban J connectivity index is 1.18. The molecule has 7 aromatic rings. The molecule has 8 nitrogen and oxygen atoms in total. The maximum absolute atomic E-state index is 14.9. The number of nitrogens with zero attached hydrogens (tertiary/aromatic N) is 2. The third-order valence-corrected chi connectivity index (χ3v) is 10.2. The van der Waals surface area contributed by atoms with Crippen molar-refractivity contribution < 1.29 is 28.7 Å². The second-order valence-corrected chi connectivity index (χ2v) is 13.4. The Morgan fingerprint density at radius 3 is 2.17 bits per heavy atom. The van der Waals surface area contributed by atoms with Gasteiger partial charge in [-0.25, -0.2) is 0 Å². The lowest BCUT2D eigenvalue weighted by molar-refractivity contribution is 0.0792. The monoisotopic (exact) mass is 710 g/mol. The average molecular weight is 711 g/mol. The smallest absolute Gasteiger partial charge is 0.237 e. The first-order valence-corrected chi connectivity index (χ1v) is 17.5. The molecule has 0 N–H and O–H groups in total. The molecule has 0 saturated carbocycles. The Labute approximate surface area is 311 Å². The Bertz CT molecular complexity index is 2590. The van der Waals surface area contributed by atoms with Crippen molar-refractivity contribution >= 4 is 34.0 Å². The molecule has 8 heteroatoms. The Kier molecular flexibility index (Phi) is 8.79. The maximum atomic E-state index is 14.9. The van der Waals surface area contributed by atoms with Crippen molar-refractivity contribution in [1.82, 2.24) is 9.55 Å². The minimum Gasteiger partial charge on any atom is -0.497 e. The van der Waals surface area contributed by atoms with Gasteiger partial charge in [-0.05, 0) is 96.3 Å². The van der Waals surface area contributed by atoms with E-state index in [1.807, 2.05) is 61.5 Å². The van der Waals surface area contributed by atoms with Crippen molar-refractivity contribution in [2.75, 3.05) is 7.11 Å². The fraction of sp³-hybridized carbons (Fsp3) is 0.109. The van der Waals surface area contributed by atoms with Gasteiger partial charge >= 0.3 is 0 Å². The van der Waals surface area contributed by atoms with E-state index in [1.165, 1.54) is 6.07 Å². The van der Waals surface area contributed by atoms with Gasteiger partial charge in [-0.3, -0.25) is 24.2 Å². The van der Waals surface area contributed by atoms with Crippen LogP contribution in [0.4, 0.5) is 0 Å². The van der Waals surface area contributed by atoms with E-state index in [9.17, 15) is 19.2 Å². The minimum absolute atomic E-state index is 0.0857. The van der Waals surface area contributed by atoms with Crippen molar-refractivity contribution in [2.45, 2.75) is 25.3 Å². The van der Waals surface area contributed by atoms with Crippen molar-refractivity contribution in [1.29, 1.82) is 0 Å². The number of para-hydroxylation sites is 1. The van der Waals surface area contributed by atoms with Crippen molar-refractivity contribution in [3.8, 4) is 17.2 Å². The maximum Gasteiger partial charge on any atom is 0.237 e. The van der Waals surface area contributed by atoms with E-state index in [1.54, 1.807) is 86.2 Å². The van der Waals surface area contributed by atoms with Crippen LogP contribution in [0.15, 0.2) is 146 Å². The number of hydrogen-bond acceptors (Lipinski definition) is 7. The molecule has 5 aromatic carbocycles. The van der Waals surface area contributed by atoms with Gasteiger partial charge in [0.2, 0.25) is 11.6 Å². The van der Waals surface area contributed by atoms with E-state index in [0.29, 0.717) is 12.1 Å². The zero-order valence-corrected chi connectivity index (χ0v) is 29.6. The standard InChI is InChI=1S/C46H34N2O6/c1-29-27-48(28-31-12-15-34(53-2)16-13-31)40-24-33(14-18-36(29)40)46(26-30-20-22-47-23-21-30)44(51)37-19-17-35(25-39(37)45(46)52)54-41-11-7-6-10-38(41)43(50)42(49)32-8-4-3-5-9-32/h3-25,27H,26,28H2,1-2H3. The van der Waals surface area contributed by atoms with Crippen molar-refractivity contribution in [3.63, 3.8) is 0 Å². The van der Waals surface area contributed by atoms with Gasteiger partial charge in [0.25, 0.3) is 0 Å². The predicted molar refractivity (Wildman–Crippen MR) is 205 cm³/mol. The number of ether oxygens (including phenoxy) is 2. The summed E-state index contributed by atoms with van der Waals surface area (Å²) < 4.78 is 13.7. The van der Waals surface area contributed by atoms with E-state index in [-0.39, 0.29) is 51.7 Å². The molecule has 0 saturated heterocycles. The summed E-state index contributed by atoms with van der Waals surface area (Å²) in [6.07, 6.45) is 5.52. The molecular formula is C46H34N2O6. The molecule has 264 valence electrons. The van der Waals surface area contributed by atoms with Gasteiger partial charge < -0.3 is 14.0 Å². The van der Waals surface area contributed by atoms with Crippen LogP contribution < -0.4 is 9.47 Å². The van der Waals surface area contributed by atoms with Crippen LogP contribution in [0.25, 0.3) is 10.9 Å². The molecule has 2 heterocycles. The van der Waals surface area contributed by atoms with Crippen LogP contribution in [0.3, 0.4) is 0 Å². The second kappa shape index (κ2) is 13.9. The summed E-state index contributed by atoms with van der Waals surface area (Å²) in [5.41, 5.74) is 3.74. The summed E-state index contributed by atoms with van der Waals surface area (Å²) in [5.74, 6) is -0.856. The molecule has 8 rings (SSSR count). The van der Waals surface area contributed by atoms with Crippen LogP contribution in [-0.2, 0) is 18.4 Å². The summed E-state index contributed by atoms with van der Waals surface area (Å²) in [5, 5.41) is 1.02. The lowest BCUT2D eigenvalue weighted by Crippen LogP contribution is -2.40. The fourth-order valence-corrected chi connectivity index (χ4v) is 7.38. The zero-order valence-electron chi connectivity index (χ0n) is 29.6. The van der Waals surface area contributed by atoms with E-state index in [4.69, 9.17) is 9.47 Å². The van der Waals surface area contributed by atoms with Crippen LogP contribution in [0, 0.1) is 6.92 Å². The molecule has 1 unspecified atom stereocenters. The van der Waals surface area contributed by atoms with Gasteiger partial charge in [-0.1, -0.05) is 66.7 Å². The molecule has 0 radical (unpaired) electrons. The van der Waals surface area contributed by atoms with Crippen molar-refractivity contribution in [3.05, 3.63) is 190 Å². The predicted octanol–water partition coefficient (Wildman–Crippen LogP) is 8.82. The highest BCUT2D eigenvalue weighted by Gasteiger charge is 2.54. The number of benzene rings is 5. The fourth-order valence-electron chi connectivity index (χ4n) is 7.38.